The van der Waals surface area contributed by atoms with Crippen molar-refractivity contribution in [2.45, 2.75) is 12.5 Å². The Bertz CT molecular complexity index is 541. The second-order valence-corrected chi connectivity index (χ2v) is 4.09. The molecule has 1 aromatic rings. The van der Waals surface area contributed by atoms with Gasteiger partial charge in [-0.05, 0) is 24.6 Å². The lowest BCUT2D eigenvalue weighted by molar-refractivity contribution is -0.123. The molecule has 0 fully saturated rings. The van der Waals surface area contributed by atoms with Gasteiger partial charge in [0.25, 0.3) is 5.91 Å². The van der Waals surface area contributed by atoms with Gasteiger partial charge in [0.15, 0.2) is 23.0 Å². The van der Waals surface area contributed by atoms with Gasteiger partial charge in [-0.3, -0.25) is 10.1 Å². The molecule has 0 saturated heterocycles. The predicted molar refractivity (Wildman–Crippen MR) is 59.7 cm³/mol. The Balaban J connectivity index is 2.07. The van der Waals surface area contributed by atoms with E-state index in [-0.39, 0.29) is 18.7 Å². The molecule has 2 aliphatic heterocycles. The summed E-state index contributed by atoms with van der Waals surface area (Å²) >= 11 is 0. The molecule has 0 saturated carbocycles. The van der Waals surface area contributed by atoms with E-state index < -0.39 is 5.54 Å². The molecule has 17 heavy (non-hydrogen) atoms. The molecule has 0 aliphatic carbocycles. The van der Waals surface area contributed by atoms with E-state index in [1.807, 2.05) is 0 Å². The van der Waals surface area contributed by atoms with Crippen LogP contribution in [-0.2, 0) is 10.3 Å². The summed E-state index contributed by atoms with van der Waals surface area (Å²) in [5, 5.41) is 2.49. The molecule has 3 rings (SSSR count). The van der Waals surface area contributed by atoms with Crippen LogP contribution >= 0.6 is 0 Å². The number of fused-ring (bicyclic) bond motifs is 1. The van der Waals surface area contributed by atoms with Crippen LogP contribution in [-0.4, -0.2) is 18.7 Å². The summed E-state index contributed by atoms with van der Waals surface area (Å²) in [6.45, 7) is 1.91. The average molecular weight is 233 g/mol. The van der Waals surface area contributed by atoms with E-state index in [2.05, 4.69) is 10.3 Å². The number of ether oxygens (including phenoxy) is 2. The van der Waals surface area contributed by atoms with Crippen molar-refractivity contribution in [2.24, 2.45) is 10.7 Å². The van der Waals surface area contributed by atoms with Crippen LogP contribution < -0.4 is 20.5 Å². The molecule has 1 unspecified atom stereocenters. The maximum absolute atomic E-state index is 11.8. The minimum atomic E-state index is -0.995. The van der Waals surface area contributed by atoms with E-state index in [0.29, 0.717) is 11.5 Å². The number of nitrogens with two attached hydrogens (primary N) is 1. The standard InChI is InChI=1S/C11H11N3O3/c1-11(9(15)13-10(12)14-11)6-2-3-7-8(4-6)17-5-16-7/h2-4H,5H2,1H3,(H3,12,13,14,15). The zero-order valence-electron chi connectivity index (χ0n) is 9.19. The third kappa shape index (κ3) is 1.33. The molecule has 6 nitrogen and oxygen atoms in total. The number of hydrogen-bond donors (Lipinski definition) is 2. The molecule has 0 radical (unpaired) electrons. The molecule has 0 aromatic heterocycles. The molecule has 1 atom stereocenters. The maximum Gasteiger partial charge on any atom is 0.259 e. The predicted octanol–water partition coefficient (Wildman–Crippen LogP) is 0.0750. The van der Waals surface area contributed by atoms with Gasteiger partial charge in [-0.15, -0.1) is 0 Å². The largest absolute Gasteiger partial charge is 0.454 e. The summed E-state index contributed by atoms with van der Waals surface area (Å²) in [5.41, 5.74) is 5.24. The van der Waals surface area contributed by atoms with Crippen LogP contribution in [0.25, 0.3) is 0 Å². The highest BCUT2D eigenvalue weighted by Crippen LogP contribution is 2.37. The number of benzene rings is 1. The molecule has 6 heteroatoms. The molecule has 88 valence electrons. The maximum atomic E-state index is 11.8. The molecule has 3 N–H and O–H groups in total. The third-order valence-corrected chi connectivity index (χ3v) is 2.96. The van der Waals surface area contributed by atoms with Crippen molar-refractivity contribution in [2.75, 3.05) is 6.79 Å². The average Bonchev–Trinajstić information content (AvgIpc) is 2.83. The zero-order chi connectivity index (χ0) is 12.0. The van der Waals surface area contributed by atoms with Crippen LogP contribution in [0.5, 0.6) is 11.5 Å². The molecule has 2 heterocycles. The van der Waals surface area contributed by atoms with Gasteiger partial charge in [-0.2, -0.15) is 0 Å². The number of nitrogens with zero attached hydrogens (tertiary/aromatic N) is 1. The van der Waals surface area contributed by atoms with E-state index in [1.165, 1.54) is 0 Å². The molecule has 1 amide bonds. The summed E-state index contributed by atoms with van der Waals surface area (Å²) in [7, 11) is 0. The number of carbonyl (C=O) groups is 1. The number of rotatable bonds is 1. The second kappa shape index (κ2) is 3.13. The summed E-state index contributed by atoms with van der Waals surface area (Å²) < 4.78 is 10.5. The lowest BCUT2D eigenvalue weighted by Gasteiger charge is -2.18. The third-order valence-electron chi connectivity index (χ3n) is 2.96. The summed E-state index contributed by atoms with van der Waals surface area (Å²) in [5.74, 6) is 1.19. The molecular formula is C11H11N3O3. The molecule has 2 aliphatic rings. The summed E-state index contributed by atoms with van der Waals surface area (Å²) in [6.07, 6.45) is 0. The number of aliphatic imine (C=N–C) groups is 1. The zero-order valence-corrected chi connectivity index (χ0v) is 9.19. The number of carbonyl (C=O) groups excluding carboxylic acids is 1. The van der Waals surface area contributed by atoms with Gasteiger partial charge >= 0.3 is 0 Å². The van der Waals surface area contributed by atoms with E-state index in [0.717, 1.165) is 5.56 Å². The Morgan fingerprint density at radius 1 is 1.41 bits per heavy atom. The van der Waals surface area contributed by atoms with Crippen LogP contribution in [0.15, 0.2) is 23.2 Å². The van der Waals surface area contributed by atoms with E-state index in [1.54, 1.807) is 25.1 Å². The minimum absolute atomic E-state index is 0.134. The highest BCUT2D eigenvalue weighted by atomic mass is 16.7. The Labute approximate surface area is 97.4 Å². The Kier molecular flexibility index (Phi) is 1.83. The number of hydrogen-bond acceptors (Lipinski definition) is 5. The molecule has 0 spiro atoms. The van der Waals surface area contributed by atoms with Gasteiger partial charge in [0.05, 0.1) is 0 Å². The number of nitrogens with one attached hydrogen (secondary N) is 1. The van der Waals surface area contributed by atoms with Crippen molar-refractivity contribution in [1.82, 2.24) is 5.32 Å². The first-order chi connectivity index (χ1) is 8.09. The lowest BCUT2D eigenvalue weighted by atomic mass is 9.92. The fourth-order valence-corrected chi connectivity index (χ4v) is 1.95. The fraction of sp³-hybridized carbons (Fsp3) is 0.273. The van der Waals surface area contributed by atoms with Crippen molar-refractivity contribution < 1.29 is 14.3 Å². The normalized spacial score (nSPS) is 25.7. The molecule has 1 aromatic carbocycles. The monoisotopic (exact) mass is 233 g/mol. The van der Waals surface area contributed by atoms with E-state index >= 15 is 0 Å². The molecule has 0 bridgehead atoms. The van der Waals surface area contributed by atoms with E-state index in [9.17, 15) is 4.79 Å². The van der Waals surface area contributed by atoms with E-state index in [4.69, 9.17) is 15.2 Å². The van der Waals surface area contributed by atoms with Crippen LogP contribution in [0.3, 0.4) is 0 Å². The van der Waals surface area contributed by atoms with Crippen molar-refractivity contribution >= 4 is 11.9 Å². The van der Waals surface area contributed by atoms with Crippen LogP contribution in [0, 0.1) is 0 Å². The van der Waals surface area contributed by atoms with Crippen molar-refractivity contribution in [3.8, 4) is 11.5 Å². The van der Waals surface area contributed by atoms with Crippen molar-refractivity contribution in [1.29, 1.82) is 0 Å². The lowest BCUT2D eigenvalue weighted by Crippen LogP contribution is -2.37. The van der Waals surface area contributed by atoms with Crippen molar-refractivity contribution in [3.63, 3.8) is 0 Å². The smallest absolute Gasteiger partial charge is 0.259 e. The molecular weight excluding hydrogens is 222 g/mol. The fourth-order valence-electron chi connectivity index (χ4n) is 1.95. The number of amides is 1. The summed E-state index contributed by atoms with van der Waals surface area (Å²) in [4.78, 5) is 16.0. The first-order valence-electron chi connectivity index (χ1n) is 5.16. The van der Waals surface area contributed by atoms with Crippen molar-refractivity contribution in [3.05, 3.63) is 23.8 Å². The SMILES string of the molecule is CC1(c2ccc3c(c2)OCO3)N=C(N)NC1=O. The highest BCUT2D eigenvalue weighted by molar-refractivity contribution is 6.06. The van der Waals surface area contributed by atoms with Gasteiger partial charge in [-0.25, -0.2) is 4.99 Å². The Morgan fingerprint density at radius 2 is 2.18 bits per heavy atom. The van der Waals surface area contributed by atoms with Crippen LogP contribution in [0.4, 0.5) is 0 Å². The Morgan fingerprint density at radius 3 is 2.88 bits per heavy atom. The van der Waals surface area contributed by atoms with Crippen LogP contribution in [0.1, 0.15) is 12.5 Å². The van der Waals surface area contributed by atoms with Crippen LogP contribution in [0.2, 0.25) is 0 Å². The first kappa shape index (κ1) is 9.95. The van der Waals surface area contributed by atoms with Gasteiger partial charge in [0.1, 0.15) is 0 Å². The van der Waals surface area contributed by atoms with Gasteiger partial charge in [0, 0.05) is 0 Å². The summed E-state index contributed by atoms with van der Waals surface area (Å²) in [6, 6.07) is 5.30. The second-order valence-electron chi connectivity index (χ2n) is 4.09. The van der Waals surface area contributed by atoms with Gasteiger partial charge in [0.2, 0.25) is 6.79 Å². The van der Waals surface area contributed by atoms with Gasteiger partial charge in [-0.1, -0.05) is 6.07 Å². The quantitative estimate of drug-likeness (QED) is 0.719. The highest BCUT2D eigenvalue weighted by Gasteiger charge is 2.40. The van der Waals surface area contributed by atoms with Gasteiger partial charge < -0.3 is 15.2 Å². The number of guanidine groups is 1. The topological polar surface area (TPSA) is 85.9 Å². The first-order valence-corrected chi connectivity index (χ1v) is 5.16. The Hall–Kier alpha value is -2.24. The minimum Gasteiger partial charge on any atom is -0.454 e.